The molecule has 0 aliphatic carbocycles. The maximum absolute atomic E-state index is 12.5. The summed E-state index contributed by atoms with van der Waals surface area (Å²) in [6, 6.07) is 14.9. The monoisotopic (exact) mass is 373 g/mol. The van der Waals surface area contributed by atoms with Crippen molar-refractivity contribution in [2.45, 2.75) is 0 Å². The van der Waals surface area contributed by atoms with Crippen molar-refractivity contribution in [1.29, 1.82) is 0 Å². The van der Waals surface area contributed by atoms with E-state index in [1.165, 1.54) is 13.2 Å². The molecule has 1 aliphatic rings. The van der Waals surface area contributed by atoms with Gasteiger partial charge in [-0.15, -0.1) is 0 Å². The van der Waals surface area contributed by atoms with Crippen LogP contribution in [-0.4, -0.2) is 23.8 Å². The second-order valence-electron chi connectivity index (χ2n) is 6.00. The van der Waals surface area contributed by atoms with Crippen molar-refractivity contribution >= 4 is 17.8 Å². The van der Waals surface area contributed by atoms with Crippen LogP contribution in [-0.2, 0) is 0 Å². The number of pyridine rings is 1. The minimum Gasteiger partial charge on any atom is -0.497 e. The fraction of sp³-hybridized carbons (Fsp3) is 0.0455. The number of allylic oxidation sites excluding steroid dienone is 1. The van der Waals surface area contributed by atoms with Gasteiger partial charge in [-0.3, -0.25) is 9.78 Å². The quantitative estimate of drug-likeness (QED) is 0.392. The first-order valence-electron chi connectivity index (χ1n) is 8.48. The molecule has 0 unspecified atom stereocenters. The van der Waals surface area contributed by atoms with Gasteiger partial charge in [0.1, 0.15) is 17.2 Å². The number of ether oxygens (including phenoxy) is 3. The molecule has 0 bridgehead atoms. The fourth-order valence-electron chi connectivity index (χ4n) is 2.76. The zero-order valence-corrected chi connectivity index (χ0v) is 14.9. The number of nitrogens with zero attached hydrogens (tertiary/aromatic N) is 1. The molecule has 2 aromatic carbocycles. The largest absolute Gasteiger partial charge is 0.497 e. The van der Waals surface area contributed by atoms with E-state index in [-0.39, 0.29) is 17.3 Å². The molecule has 2 heterocycles. The second-order valence-corrected chi connectivity index (χ2v) is 6.00. The molecule has 6 heteroatoms. The molecule has 6 nitrogen and oxygen atoms in total. The lowest BCUT2D eigenvalue weighted by Crippen LogP contribution is -2.08. The van der Waals surface area contributed by atoms with Crippen LogP contribution < -0.4 is 14.2 Å². The van der Waals surface area contributed by atoms with Crippen LogP contribution in [0.4, 0.5) is 0 Å². The van der Waals surface area contributed by atoms with Gasteiger partial charge in [0.05, 0.1) is 18.2 Å². The van der Waals surface area contributed by atoms with E-state index >= 15 is 0 Å². The minimum absolute atomic E-state index is 0.206. The first-order chi connectivity index (χ1) is 13.6. The van der Waals surface area contributed by atoms with Gasteiger partial charge in [-0.05, 0) is 54.1 Å². The van der Waals surface area contributed by atoms with Crippen LogP contribution in [0.3, 0.4) is 0 Å². The van der Waals surface area contributed by atoms with Gasteiger partial charge in [0, 0.05) is 18.5 Å². The number of methoxy groups -OCH3 is 1. The number of carbonyl (C=O) groups excluding carboxylic acids is 2. The third-order valence-corrected chi connectivity index (χ3v) is 4.16. The van der Waals surface area contributed by atoms with E-state index in [4.69, 9.17) is 14.2 Å². The second kappa shape index (κ2) is 7.36. The zero-order valence-electron chi connectivity index (χ0n) is 14.9. The van der Waals surface area contributed by atoms with Gasteiger partial charge < -0.3 is 14.2 Å². The normalized spacial score (nSPS) is 13.8. The smallest absolute Gasteiger partial charge is 0.343 e. The first kappa shape index (κ1) is 17.5. The Morgan fingerprint density at radius 1 is 1.04 bits per heavy atom. The minimum atomic E-state index is -0.532. The third kappa shape index (κ3) is 3.48. The molecule has 0 N–H and O–H groups in total. The van der Waals surface area contributed by atoms with E-state index in [9.17, 15) is 9.59 Å². The van der Waals surface area contributed by atoms with Gasteiger partial charge in [0.2, 0.25) is 5.78 Å². The Kier molecular flexibility index (Phi) is 4.60. The van der Waals surface area contributed by atoms with Crippen molar-refractivity contribution in [3.63, 3.8) is 0 Å². The number of benzene rings is 2. The van der Waals surface area contributed by atoms with Crippen LogP contribution in [0.1, 0.15) is 26.3 Å². The SMILES string of the molecule is COc1cccc(C(=O)Oc2ccc3c(c2)OC(=Cc2ccncc2)C3=O)c1. The summed E-state index contributed by atoms with van der Waals surface area (Å²) in [4.78, 5) is 28.8. The molecule has 0 fully saturated rings. The topological polar surface area (TPSA) is 74.7 Å². The number of hydrogen-bond donors (Lipinski definition) is 0. The van der Waals surface area contributed by atoms with Crippen LogP contribution >= 0.6 is 0 Å². The molecule has 3 aromatic rings. The van der Waals surface area contributed by atoms with Gasteiger partial charge in [0.25, 0.3) is 0 Å². The first-order valence-corrected chi connectivity index (χ1v) is 8.48. The Labute approximate surface area is 161 Å². The summed E-state index contributed by atoms with van der Waals surface area (Å²) in [6.07, 6.45) is 4.91. The predicted molar refractivity (Wildman–Crippen MR) is 102 cm³/mol. The van der Waals surface area contributed by atoms with Crippen molar-refractivity contribution in [3.05, 3.63) is 89.4 Å². The fourth-order valence-corrected chi connectivity index (χ4v) is 2.76. The predicted octanol–water partition coefficient (Wildman–Crippen LogP) is 3.93. The van der Waals surface area contributed by atoms with E-state index in [0.717, 1.165) is 5.56 Å². The van der Waals surface area contributed by atoms with Gasteiger partial charge in [-0.1, -0.05) is 6.07 Å². The molecule has 0 amide bonds. The highest BCUT2D eigenvalue weighted by atomic mass is 16.5. The van der Waals surface area contributed by atoms with E-state index in [1.54, 1.807) is 67.0 Å². The van der Waals surface area contributed by atoms with Crippen molar-refractivity contribution in [1.82, 2.24) is 4.98 Å². The Bertz CT molecular complexity index is 1090. The summed E-state index contributed by atoms with van der Waals surface area (Å²) >= 11 is 0. The van der Waals surface area contributed by atoms with E-state index in [1.807, 2.05) is 0 Å². The maximum Gasteiger partial charge on any atom is 0.343 e. The van der Waals surface area contributed by atoms with Crippen LogP contribution in [0.2, 0.25) is 0 Å². The van der Waals surface area contributed by atoms with E-state index in [2.05, 4.69) is 4.98 Å². The summed E-state index contributed by atoms with van der Waals surface area (Å²) in [7, 11) is 1.52. The Balaban J connectivity index is 1.54. The molecule has 0 spiro atoms. The molecule has 0 saturated carbocycles. The summed E-state index contributed by atoms with van der Waals surface area (Å²) < 4.78 is 16.2. The third-order valence-electron chi connectivity index (χ3n) is 4.16. The summed E-state index contributed by atoms with van der Waals surface area (Å²) in [5.74, 6) is 0.639. The summed E-state index contributed by atoms with van der Waals surface area (Å²) in [5.41, 5.74) is 1.58. The molecule has 0 atom stereocenters. The van der Waals surface area contributed by atoms with E-state index < -0.39 is 5.97 Å². The van der Waals surface area contributed by atoms with Crippen LogP contribution in [0.25, 0.3) is 6.08 Å². The van der Waals surface area contributed by atoms with Crippen molar-refractivity contribution < 1.29 is 23.8 Å². The molecular weight excluding hydrogens is 358 g/mol. The summed E-state index contributed by atoms with van der Waals surface area (Å²) in [5, 5.41) is 0. The number of ketones is 1. The zero-order chi connectivity index (χ0) is 19.5. The molecule has 138 valence electrons. The van der Waals surface area contributed by atoms with Gasteiger partial charge >= 0.3 is 5.97 Å². The molecule has 0 radical (unpaired) electrons. The Morgan fingerprint density at radius 2 is 1.86 bits per heavy atom. The van der Waals surface area contributed by atoms with Crippen molar-refractivity contribution in [2.75, 3.05) is 7.11 Å². The standard InChI is InChI=1S/C22H15NO5/c1-26-16-4-2-3-15(12-16)22(25)27-17-5-6-18-19(13-17)28-20(21(18)24)11-14-7-9-23-10-8-14/h2-13H,1H3. The van der Waals surface area contributed by atoms with Crippen LogP contribution in [0.15, 0.2) is 72.8 Å². The maximum atomic E-state index is 12.5. The van der Waals surface area contributed by atoms with Gasteiger partial charge in [-0.2, -0.15) is 0 Å². The van der Waals surface area contributed by atoms with Crippen LogP contribution in [0, 0.1) is 0 Å². The molecule has 1 aromatic heterocycles. The lowest BCUT2D eigenvalue weighted by molar-refractivity contribution is 0.0734. The highest BCUT2D eigenvalue weighted by Gasteiger charge is 2.28. The van der Waals surface area contributed by atoms with E-state index in [0.29, 0.717) is 22.6 Å². The lowest BCUT2D eigenvalue weighted by Gasteiger charge is -2.07. The number of rotatable bonds is 4. The molecule has 0 saturated heterocycles. The number of hydrogen-bond acceptors (Lipinski definition) is 6. The molecule has 4 rings (SSSR count). The number of esters is 1. The average molecular weight is 373 g/mol. The average Bonchev–Trinajstić information content (AvgIpc) is 3.03. The molecular formula is C22H15NO5. The van der Waals surface area contributed by atoms with Crippen molar-refractivity contribution in [2.24, 2.45) is 0 Å². The number of carbonyl (C=O) groups is 2. The van der Waals surface area contributed by atoms with Crippen molar-refractivity contribution in [3.8, 4) is 17.2 Å². The van der Waals surface area contributed by atoms with Gasteiger partial charge in [0.15, 0.2) is 5.76 Å². The van der Waals surface area contributed by atoms with Gasteiger partial charge in [-0.25, -0.2) is 4.79 Å². The number of fused-ring (bicyclic) bond motifs is 1. The highest BCUT2D eigenvalue weighted by Crippen LogP contribution is 2.35. The Morgan fingerprint density at radius 3 is 2.64 bits per heavy atom. The Hall–Kier alpha value is -3.93. The van der Waals surface area contributed by atoms with Crippen LogP contribution in [0.5, 0.6) is 17.2 Å². The summed E-state index contributed by atoms with van der Waals surface area (Å²) in [6.45, 7) is 0. The lowest BCUT2D eigenvalue weighted by atomic mass is 10.1. The number of aromatic nitrogens is 1. The molecule has 1 aliphatic heterocycles. The molecule has 28 heavy (non-hydrogen) atoms. The highest BCUT2D eigenvalue weighted by molar-refractivity contribution is 6.14. The number of Topliss-reactive ketones (excluding diaryl/α,β-unsaturated/α-hetero) is 1.